The van der Waals surface area contributed by atoms with Gasteiger partial charge in [-0.2, -0.15) is 5.10 Å². The van der Waals surface area contributed by atoms with Crippen molar-refractivity contribution in [1.29, 1.82) is 0 Å². The summed E-state index contributed by atoms with van der Waals surface area (Å²) >= 11 is 1.10. The minimum atomic E-state index is -0.998. The summed E-state index contributed by atoms with van der Waals surface area (Å²) in [5.74, 6) is -1.32. The van der Waals surface area contributed by atoms with Gasteiger partial charge in [0.1, 0.15) is 5.25 Å². The van der Waals surface area contributed by atoms with E-state index in [1.165, 1.54) is 0 Å². The van der Waals surface area contributed by atoms with Crippen LogP contribution in [-0.4, -0.2) is 33.1 Å². The number of carbonyl (C=O) groups is 2. The van der Waals surface area contributed by atoms with Crippen LogP contribution in [0.25, 0.3) is 0 Å². The Morgan fingerprint density at radius 1 is 1.62 bits per heavy atom. The van der Waals surface area contributed by atoms with Crippen LogP contribution < -0.4 is 5.32 Å². The number of carbonyl (C=O) groups excluding carboxylic acids is 1. The molecule has 0 saturated carbocycles. The van der Waals surface area contributed by atoms with Gasteiger partial charge in [0, 0.05) is 5.71 Å². The van der Waals surface area contributed by atoms with Crippen LogP contribution in [0, 0.1) is 0 Å². The maximum absolute atomic E-state index is 11.3. The van der Waals surface area contributed by atoms with Gasteiger partial charge >= 0.3 is 5.97 Å². The van der Waals surface area contributed by atoms with Crippen LogP contribution in [0.5, 0.6) is 0 Å². The zero-order valence-electron chi connectivity index (χ0n) is 9.06. The number of nitrogens with one attached hydrogen (secondary N) is 1. The SMILES string of the molecule is CCC(C)=NN=C1NC(=O)[C@H](CC(=O)O)S1. The third-order valence-electron chi connectivity index (χ3n) is 1.96. The Labute approximate surface area is 97.2 Å². The molecular formula is C9H13N3O3S. The smallest absolute Gasteiger partial charge is 0.305 e. The van der Waals surface area contributed by atoms with Crippen molar-refractivity contribution in [1.82, 2.24) is 5.32 Å². The number of amidine groups is 1. The number of hydrogen-bond acceptors (Lipinski definition) is 5. The van der Waals surface area contributed by atoms with Crippen LogP contribution in [0.2, 0.25) is 0 Å². The van der Waals surface area contributed by atoms with Crippen molar-refractivity contribution in [2.75, 3.05) is 0 Å². The molecular weight excluding hydrogens is 230 g/mol. The molecule has 1 atom stereocenters. The van der Waals surface area contributed by atoms with Crippen LogP contribution in [-0.2, 0) is 9.59 Å². The van der Waals surface area contributed by atoms with E-state index in [1.807, 2.05) is 13.8 Å². The third kappa shape index (κ3) is 3.65. The topological polar surface area (TPSA) is 91.1 Å². The van der Waals surface area contributed by atoms with Gasteiger partial charge in [-0.25, -0.2) is 0 Å². The van der Waals surface area contributed by atoms with Gasteiger partial charge in [0.05, 0.1) is 6.42 Å². The van der Waals surface area contributed by atoms with E-state index in [-0.39, 0.29) is 12.3 Å². The number of carboxylic acids is 1. The van der Waals surface area contributed by atoms with Gasteiger partial charge in [0.2, 0.25) is 5.91 Å². The molecule has 16 heavy (non-hydrogen) atoms. The fourth-order valence-corrected chi connectivity index (χ4v) is 1.86. The predicted octanol–water partition coefficient (Wildman–Crippen LogP) is 0.835. The van der Waals surface area contributed by atoms with Crippen molar-refractivity contribution in [3.8, 4) is 0 Å². The average Bonchev–Trinajstić information content (AvgIpc) is 2.55. The molecule has 1 fully saturated rings. The summed E-state index contributed by atoms with van der Waals surface area (Å²) < 4.78 is 0. The third-order valence-corrected chi connectivity index (χ3v) is 3.03. The highest BCUT2D eigenvalue weighted by atomic mass is 32.2. The molecule has 1 aliphatic rings. The van der Waals surface area contributed by atoms with Crippen LogP contribution in [0.15, 0.2) is 10.2 Å². The van der Waals surface area contributed by atoms with Crippen LogP contribution >= 0.6 is 11.8 Å². The first-order valence-corrected chi connectivity index (χ1v) is 5.71. The molecule has 2 N–H and O–H groups in total. The second-order valence-corrected chi connectivity index (χ2v) is 4.48. The molecule has 0 aromatic carbocycles. The Kier molecular flexibility index (Phi) is 4.48. The Hall–Kier alpha value is -1.37. The first-order valence-electron chi connectivity index (χ1n) is 4.83. The molecule has 7 heteroatoms. The first-order chi connectivity index (χ1) is 7.52. The van der Waals surface area contributed by atoms with Gasteiger partial charge in [-0.3, -0.25) is 9.59 Å². The average molecular weight is 243 g/mol. The van der Waals surface area contributed by atoms with E-state index in [9.17, 15) is 9.59 Å². The largest absolute Gasteiger partial charge is 0.481 e. The highest BCUT2D eigenvalue weighted by molar-refractivity contribution is 8.15. The number of amides is 1. The second-order valence-electron chi connectivity index (χ2n) is 3.29. The molecule has 0 radical (unpaired) electrons. The zero-order chi connectivity index (χ0) is 12.1. The molecule has 6 nitrogen and oxygen atoms in total. The van der Waals surface area contributed by atoms with Crippen molar-refractivity contribution in [2.45, 2.75) is 31.9 Å². The molecule has 0 aliphatic carbocycles. The Morgan fingerprint density at radius 3 is 2.88 bits per heavy atom. The highest BCUT2D eigenvalue weighted by Crippen LogP contribution is 2.22. The van der Waals surface area contributed by atoms with Crippen LogP contribution in [0.4, 0.5) is 0 Å². The lowest BCUT2D eigenvalue weighted by Gasteiger charge is -1.97. The lowest BCUT2D eigenvalue weighted by molar-refractivity contribution is -0.138. The lowest BCUT2D eigenvalue weighted by Crippen LogP contribution is -2.26. The summed E-state index contributed by atoms with van der Waals surface area (Å²) in [6.07, 6.45) is 0.583. The number of carboxylic acid groups (broad SMARTS) is 1. The van der Waals surface area contributed by atoms with Gasteiger partial charge in [0.15, 0.2) is 5.17 Å². The molecule has 0 bridgehead atoms. The number of nitrogens with zero attached hydrogens (tertiary/aromatic N) is 2. The highest BCUT2D eigenvalue weighted by Gasteiger charge is 2.32. The van der Waals surface area contributed by atoms with E-state index in [1.54, 1.807) is 0 Å². The van der Waals surface area contributed by atoms with Crippen LogP contribution in [0.3, 0.4) is 0 Å². The number of aliphatic carboxylic acids is 1. The molecule has 1 saturated heterocycles. The minimum Gasteiger partial charge on any atom is -0.481 e. The van der Waals surface area contributed by atoms with Crippen molar-refractivity contribution in [2.24, 2.45) is 10.2 Å². The molecule has 1 rings (SSSR count). The quantitative estimate of drug-likeness (QED) is 0.565. The molecule has 0 aromatic rings. The van der Waals surface area contributed by atoms with Crippen molar-refractivity contribution in [3.05, 3.63) is 0 Å². The molecule has 1 aliphatic heterocycles. The standard InChI is InChI=1S/C9H13N3O3S/c1-3-5(2)11-12-9-10-8(15)6(16-9)4-7(13)14/h6H,3-4H2,1-2H3,(H,13,14)(H,10,12,15)/t6-/m0/s1. The normalized spacial score (nSPS) is 23.6. The summed E-state index contributed by atoms with van der Waals surface area (Å²) in [6.45, 7) is 3.78. The maximum atomic E-state index is 11.3. The van der Waals surface area contributed by atoms with E-state index in [2.05, 4.69) is 15.5 Å². The molecule has 0 spiro atoms. The van der Waals surface area contributed by atoms with E-state index in [0.29, 0.717) is 5.17 Å². The molecule has 88 valence electrons. The van der Waals surface area contributed by atoms with Gasteiger partial charge in [0.25, 0.3) is 0 Å². The predicted molar refractivity (Wildman–Crippen MR) is 62.6 cm³/mol. The Morgan fingerprint density at radius 2 is 2.31 bits per heavy atom. The van der Waals surface area contributed by atoms with Gasteiger partial charge < -0.3 is 10.4 Å². The summed E-state index contributed by atoms with van der Waals surface area (Å²) in [6, 6.07) is 0. The maximum Gasteiger partial charge on any atom is 0.305 e. The number of thioether (sulfide) groups is 1. The lowest BCUT2D eigenvalue weighted by atomic mass is 10.3. The zero-order valence-corrected chi connectivity index (χ0v) is 9.87. The molecule has 1 heterocycles. The summed E-state index contributed by atoms with van der Waals surface area (Å²) in [5, 5.41) is 18.6. The summed E-state index contributed by atoms with van der Waals surface area (Å²) in [7, 11) is 0. The Bertz CT molecular complexity index is 365. The summed E-state index contributed by atoms with van der Waals surface area (Å²) in [4.78, 5) is 21.8. The van der Waals surface area contributed by atoms with Crippen molar-refractivity contribution >= 4 is 34.5 Å². The van der Waals surface area contributed by atoms with Crippen LogP contribution in [0.1, 0.15) is 26.7 Å². The molecule has 0 aromatic heterocycles. The number of rotatable bonds is 4. The van der Waals surface area contributed by atoms with Gasteiger partial charge in [-0.05, 0) is 13.3 Å². The van der Waals surface area contributed by atoms with Gasteiger partial charge in [-0.15, -0.1) is 5.10 Å². The number of hydrogen-bond donors (Lipinski definition) is 2. The van der Waals surface area contributed by atoms with E-state index in [0.717, 1.165) is 23.9 Å². The fourth-order valence-electron chi connectivity index (χ4n) is 0.947. The minimum absolute atomic E-state index is 0.202. The second kappa shape index (κ2) is 5.64. The van der Waals surface area contributed by atoms with E-state index >= 15 is 0 Å². The first kappa shape index (κ1) is 12.7. The Balaban J connectivity index is 2.62. The van der Waals surface area contributed by atoms with Gasteiger partial charge in [-0.1, -0.05) is 18.7 Å². The van der Waals surface area contributed by atoms with E-state index < -0.39 is 11.2 Å². The monoisotopic (exact) mass is 243 g/mol. The molecule has 1 amide bonds. The fraction of sp³-hybridized carbons (Fsp3) is 0.556. The summed E-state index contributed by atoms with van der Waals surface area (Å²) in [5.41, 5.74) is 0.851. The van der Waals surface area contributed by atoms with E-state index in [4.69, 9.17) is 5.11 Å². The van der Waals surface area contributed by atoms with Crippen molar-refractivity contribution in [3.63, 3.8) is 0 Å². The van der Waals surface area contributed by atoms with Crippen molar-refractivity contribution < 1.29 is 14.7 Å². The molecule has 0 unspecified atom stereocenters.